The van der Waals surface area contributed by atoms with Gasteiger partial charge in [0, 0.05) is 41.8 Å². The Morgan fingerprint density at radius 2 is 1.90 bits per heavy atom. The third-order valence-corrected chi connectivity index (χ3v) is 4.57. The smallest absolute Gasteiger partial charge is 0.258 e. The largest absolute Gasteiger partial charge is 0.329 e. The third kappa shape index (κ3) is 3.52. The van der Waals surface area contributed by atoms with Gasteiger partial charge in [0.2, 0.25) is 0 Å². The Morgan fingerprint density at radius 3 is 2.67 bits per heavy atom. The van der Waals surface area contributed by atoms with Crippen molar-refractivity contribution in [2.24, 2.45) is 0 Å². The Labute approximate surface area is 170 Å². The first-order valence-electron chi connectivity index (χ1n) is 9.17. The Bertz CT molecular complexity index is 1270. The molecule has 4 aromatic heterocycles. The van der Waals surface area contributed by atoms with Crippen LogP contribution in [-0.2, 0) is 0 Å². The number of halogens is 1. The van der Waals surface area contributed by atoms with Crippen LogP contribution in [-0.4, -0.2) is 36.2 Å². The number of amides is 1. The maximum Gasteiger partial charge on any atom is 0.258 e. The van der Waals surface area contributed by atoms with Gasteiger partial charge in [-0.15, -0.1) is 0 Å². The first-order valence-corrected chi connectivity index (χ1v) is 9.17. The van der Waals surface area contributed by atoms with Crippen molar-refractivity contribution in [3.63, 3.8) is 0 Å². The maximum absolute atomic E-state index is 13.8. The molecule has 8 nitrogen and oxygen atoms in total. The normalized spacial score (nSPS) is 11.1. The van der Waals surface area contributed by atoms with Crippen molar-refractivity contribution in [3.05, 3.63) is 78.1 Å². The van der Waals surface area contributed by atoms with Gasteiger partial charge in [0.25, 0.3) is 5.91 Å². The lowest BCUT2D eigenvalue weighted by Gasteiger charge is -2.07. The lowest BCUT2D eigenvalue weighted by atomic mass is 10.1. The van der Waals surface area contributed by atoms with Gasteiger partial charge in [0.05, 0.1) is 29.2 Å². The number of hydrogen-bond donors (Lipinski definition) is 1. The van der Waals surface area contributed by atoms with Crippen LogP contribution in [0.2, 0.25) is 0 Å². The van der Waals surface area contributed by atoms with Gasteiger partial charge >= 0.3 is 0 Å². The van der Waals surface area contributed by atoms with Gasteiger partial charge in [-0.05, 0) is 26.0 Å². The van der Waals surface area contributed by atoms with E-state index in [0.717, 1.165) is 6.20 Å². The standard InChI is InChI=1S/C21H17FN6O2/c1-12(2)28-10-17(16-8-25-11-26-20(16)28)19(29)13-5-14(7-24-6-13)27-21(30)15-3-4-23-9-18(15)22/h3-12H,1-2H3,(H,27,30). The van der Waals surface area contributed by atoms with Crippen LogP contribution < -0.4 is 5.32 Å². The number of hydrogen-bond acceptors (Lipinski definition) is 6. The van der Waals surface area contributed by atoms with E-state index < -0.39 is 11.7 Å². The molecule has 0 aliphatic rings. The topological polar surface area (TPSA) is 103 Å². The second-order valence-corrected chi connectivity index (χ2v) is 6.90. The third-order valence-electron chi connectivity index (χ3n) is 4.57. The lowest BCUT2D eigenvalue weighted by Crippen LogP contribution is -2.14. The highest BCUT2D eigenvalue weighted by Crippen LogP contribution is 2.25. The minimum Gasteiger partial charge on any atom is -0.329 e. The molecule has 0 saturated heterocycles. The summed E-state index contributed by atoms with van der Waals surface area (Å²) < 4.78 is 15.7. The summed E-state index contributed by atoms with van der Waals surface area (Å²) in [6.45, 7) is 3.98. The number of anilines is 1. The predicted molar refractivity (Wildman–Crippen MR) is 108 cm³/mol. The number of carbonyl (C=O) groups excluding carboxylic acids is 2. The maximum atomic E-state index is 13.8. The molecular weight excluding hydrogens is 387 g/mol. The van der Waals surface area contributed by atoms with Crippen LogP contribution >= 0.6 is 0 Å². The van der Waals surface area contributed by atoms with E-state index in [9.17, 15) is 14.0 Å². The number of pyridine rings is 2. The van der Waals surface area contributed by atoms with Crippen LogP contribution in [0.4, 0.5) is 10.1 Å². The van der Waals surface area contributed by atoms with Crippen LogP contribution in [0.3, 0.4) is 0 Å². The lowest BCUT2D eigenvalue weighted by molar-refractivity contribution is 0.101. The van der Waals surface area contributed by atoms with Crippen LogP contribution in [0.1, 0.15) is 46.2 Å². The van der Waals surface area contributed by atoms with E-state index in [0.29, 0.717) is 16.6 Å². The number of carbonyl (C=O) groups is 2. The number of fused-ring (bicyclic) bond motifs is 1. The van der Waals surface area contributed by atoms with Crippen LogP contribution in [0.15, 0.2) is 55.6 Å². The van der Waals surface area contributed by atoms with Gasteiger partial charge in [-0.3, -0.25) is 19.6 Å². The molecule has 0 spiro atoms. The van der Waals surface area contributed by atoms with Crippen molar-refractivity contribution in [3.8, 4) is 0 Å². The van der Waals surface area contributed by atoms with Crippen molar-refractivity contribution in [1.29, 1.82) is 0 Å². The van der Waals surface area contributed by atoms with E-state index in [-0.39, 0.29) is 28.6 Å². The average molecular weight is 404 g/mol. The summed E-state index contributed by atoms with van der Waals surface area (Å²) in [6, 6.07) is 2.87. The quantitative estimate of drug-likeness (QED) is 0.511. The molecule has 4 heterocycles. The second-order valence-electron chi connectivity index (χ2n) is 6.90. The van der Waals surface area contributed by atoms with Crippen LogP contribution in [0.25, 0.3) is 11.0 Å². The summed E-state index contributed by atoms with van der Waals surface area (Å²) >= 11 is 0. The molecule has 0 unspecified atom stereocenters. The van der Waals surface area contributed by atoms with Crippen LogP contribution in [0.5, 0.6) is 0 Å². The number of ketones is 1. The fourth-order valence-corrected chi connectivity index (χ4v) is 3.11. The SMILES string of the molecule is CC(C)n1cc(C(=O)c2cncc(NC(=O)c3ccncc3F)c2)c2cncnc21. The van der Waals surface area contributed by atoms with Gasteiger partial charge in [-0.25, -0.2) is 14.4 Å². The Balaban J connectivity index is 1.66. The van der Waals surface area contributed by atoms with Crippen molar-refractivity contribution in [1.82, 2.24) is 24.5 Å². The van der Waals surface area contributed by atoms with E-state index in [4.69, 9.17) is 0 Å². The number of nitrogens with one attached hydrogen (secondary N) is 1. The molecule has 0 radical (unpaired) electrons. The number of rotatable bonds is 5. The Hall–Kier alpha value is -4.01. The molecule has 9 heteroatoms. The molecule has 0 aliphatic heterocycles. The molecule has 0 saturated carbocycles. The zero-order valence-electron chi connectivity index (χ0n) is 16.2. The fraction of sp³-hybridized carbons (Fsp3) is 0.143. The zero-order valence-corrected chi connectivity index (χ0v) is 16.2. The Morgan fingerprint density at radius 1 is 1.07 bits per heavy atom. The summed E-state index contributed by atoms with van der Waals surface area (Å²) in [5, 5.41) is 3.18. The molecule has 0 bridgehead atoms. The van der Waals surface area contributed by atoms with E-state index in [2.05, 4.69) is 25.3 Å². The molecule has 4 aromatic rings. The first-order chi connectivity index (χ1) is 14.5. The van der Waals surface area contributed by atoms with Crippen molar-refractivity contribution < 1.29 is 14.0 Å². The second kappa shape index (κ2) is 7.78. The first kappa shape index (κ1) is 19.3. The van der Waals surface area contributed by atoms with Crippen molar-refractivity contribution in [2.45, 2.75) is 19.9 Å². The summed E-state index contributed by atoms with van der Waals surface area (Å²) in [7, 11) is 0. The highest BCUT2D eigenvalue weighted by atomic mass is 19.1. The van der Waals surface area contributed by atoms with Gasteiger partial charge in [0.1, 0.15) is 12.0 Å². The van der Waals surface area contributed by atoms with Gasteiger partial charge < -0.3 is 9.88 Å². The molecule has 0 fully saturated rings. The van der Waals surface area contributed by atoms with Gasteiger partial charge in [0.15, 0.2) is 11.6 Å². The Kier molecular flexibility index (Phi) is 5.01. The van der Waals surface area contributed by atoms with E-state index in [1.54, 1.807) is 12.4 Å². The van der Waals surface area contributed by atoms with Crippen LogP contribution in [0, 0.1) is 5.82 Å². The minimum absolute atomic E-state index is 0.1000. The molecular formula is C21H17FN6O2. The van der Waals surface area contributed by atoms with E-state index in [1.807, 2.05) is 18.4 Å². The molecule has 4 rings (SSSR count). The number of nitrogens with zero attached hydrogens (tertiary/aromatic N) is 5. The van der Waals surface area contributed by atoms with Gasteiger partial charge in [-0.2, -0.15) is 0 Å². The van der Waals surface area contributed by atoms with Gasteiger partial charge in [-0.1, -0.05) is 0 Å². The summed E-state index contributed by atoms with van der Waals surface area (Å²) in [5.41, 5.74) is 1.48. The highest BCUT2D eigenvalue weighted by Gasteiger charge is 2.20. The molecule has 0 atom stereocenters. The molecule has 30 heavy (non-hydrogen) atoms. The molecule has 0 aliphatic carbocycles. The highest BCUT2D eigenvalue weighted by molar-refractivity contribution is 6.16. The molecule has 150 valence electrons. The van der Waals surface area contributed by atoms with E-state index >= 15 is 0 Å². The summed E-state index contributed by atoms with van der Waals surface area (Å²) in [5.74, 6) is -1.68. The predicted octanol–water partition coefficient (Wildman–Crippen LogP) is 3.42. The van der Waals surface area contributed by atoms with Crippen molar-refractivity contribution >= 4 is 28.4 Å². The summed E-state index contributed by atoms with van der Waals surface area (Å²) in [4.78, 5) is 41.5. The zero-order chi connectivity index (χ0) is 21.3. The monoisotopic (exact) mass is 404 g/mol. The molecule has 1 N–H and O–H groups in total. The van der Waals surface area contributed by atoms with E-state index in [1.165, 1.54) is 37.1 Å². The fourth-order valence-electron chi connectivity index (χ4n) is 3.11. The van der Waals surface area contributed by atoms with Crippen molar-refractivity contribution in [2.75, 3.05) is 5.32 Å². The number of aromatic nitrogens is 5. The average Bonchev–Trinajstić information content (AvgIpc) is 3.14. The summed E-state index contributed by atoms with van der Waals surface area (Å²) in [6.07, 6.45) is 9.85. The molecule has 1 amide bonds. The molecule has 0 aromatic carbocycles. The minimum atomic E-state index is -0.739.